The molecule has 0 saturated heterocycles. The van der Waals surface area contributed by atoms with Crippen LogP contribution in [0.2, 0.25) is 0 Å². The quantitative estimate of drug-likeness (QED) is 0.839. The average molecular weight is 253 g/mol. The van der Waals surface area contributed by atoms with Crippen molar-refractivity contribution in [2.24, 2.45) is 0 Å². The Labute approximate surface area is 90.4 Å². The molecule has 72 valence electrons. The normalized spacial score (nSPS) is 10.1. The zero-order chi connectivity index (χ0) is 9.80. The van der Waals surface area contributed by atoms with E-state index in [0.29, 0.717) is 6.61 Å². The van der Waals surface area contributed by atoms with Crippen molar-refractivity contribution >= 4 is 15.9 Å². The van der Waals surface area contributed by atoms with Crippen LogP contribution in [0.4, 0.5) is 0 Å². The fraction of sp³-hybridized carbons (Fsp3) is 0.100. The van der Waals surface area contributed by atoms with E-state index in [1.165, 1.54) is 4.85 Å². The lowest BCUT2D eigenvalue weighted by molar-refractivity contribution is 0.0699. The summed E-state index contributed by atoms with van der Waals surface area (Å²) in [5.74, 6) is 0. The van der Waals surface area contributed by atoms with Crippen LogP contribution in [-0.2, 0) is 6.61 Å². The Morgan fingerprint density at radius 3 is 2.71 bits per heavy atom. The van der Waals surface area contributed by atoms with E-state index in [1.807, 2.05) is 30.3 Å². The number of hydrogen-bond acceptors (Lipinski definition) is 2. The Morgan fingerprint density at radius 2 is 2.07 bits per heavy atom. The largest absolute Gasteiger partial charge is 0.392 e. The molecular weight excluding hydrogens is 244 g/mol. The molecular formula is C10H9BrN2O. The zero-order valence-electron chi connectivity index (χ0n) is 7.43. The Hall–Kier alpha value is -1.29. The lowest BCUT2D eigenvalue weighted by Gasteiger charge is -2.03. The van der Waals surface area contributed by atoms with Gasteiger partial charge in [-0.25, -0.2) is 0 Å². The first-order chi connectivity index (χ1) is 6.84. The summed E-state index contributed by atoms with van der Waals surface area (Å²) >= 11 is 3.30. The van der Waals surface area contributed by atoms with E-state index < -0.39 is 0 Å². The van der Waals surface area contributed by atoms with Crippen molar-refractivity contribution in [3.8, 4) is 0 Å². The van der Waals surface area contributed by atoms with Crippen LogP contribution in [0, 0.1) is 0 Å². The predicted octanol–water partition coefficient (Wildman–Crippen LogP) is 2.27. The molecule has 1 aromatic carbocycles. The molecule has 0 aliphatic rings. The van der Waals surface area contributed by atoms with Gasteiger partial charge in [-0.3, -0.25) is 0 Å². The Morgan fingerprint density at radius 1 is 1.29 bits per heavy atom. The van der Waals surface area contributed by atoms with Gasteiger partial charge in [0, 0.05) is 0 Å². The number of rotatable bonds is 3. The van der Waals surface area contributed by atoms with Gasteiger partial charge in [0.25, 0.3) is 0 Å². The van der Waals surface area contributed by atoms with Gasteiger partial charge in [-0.15, -0.1) is 9.94 Å². The van der Waals surface area contributed by atoms with Gasteiger partial charge in [0.15, 0.2) is 0 Å². The highest BCUT2D eigenvalue weighted by Gasteiger charge is 1.95. The first-order valence-electron chi connectivity index (χ1n) is 4.22. The van der Waals surface area contributed by atoms with Gasteiger partial charge in [-0.2, -0.15) is 0 Å². The molecule has 2 aromatic rings. The summed E-state index contributed by atoms with van der Waals surface area (Å²) in [4.78, 5) is 6.83. The smallest absolute Gasteiger partial charge is 0.142 e. The van der Waals surface area contributed by atoms with Crippen LogP contribution in [0.25, 0.3) is 0 Å². The van der Waals surface area contributed by atoms with E-state index in [2.05, 4.69) is 21.0 Å². The minimum absolute atomic E-state index is 0.523. The molecule has 1 heterocycles. The third-order valence-corrected chi connectivity index (χ3v) is 2.14. The summed E-state index contributed by atoms with van der Waals surface area (Å²) in [6.45, 7) is 0.523. The summed E-state index contributed by atoms with van der Waals surface area (Å²) < 4.78 is 0.908. The topological polar surface area (TPSA) is 27.1 Å². The van der Waals surface area contributed by atoms with Crippen LogP contribution >= 0.6 is 15.9 Å². The van der Waals surface area contributed by atoms with Crippen molar-refractivity contribution in [2.75, 3.05) is 0 Å². The number of benzene rings is 1. The van der Waals surface area contributed by atoms with E-state index in [0.717, 1.165) is 10.0 Å². The van der Waals surface area contributed by atoms with Gasteiger partial charge >= 0.3 is 0 Å². The van der Waals surface area contributed by atoms with E-state index in [-0.39, 0.29) is 0 Å². The zero-order valence-corrected chi connectivity index (χ0v) is 9.02. The van der Waals surface area contributed by atoms with Crippen LogP contribution in [0.1, 0.15) is 5.56 Å². The van der Waals surface area contributed by atoms with Gasteiger partial charge in [0.1, 0.15) is 6.61 Å². The maximum absolute atomic E-state index is 5.39. The van der Waals surface area contributed by atoms with Gasteiger partial charge in [-0.05, 0) is 21.5 Å². The van der Waals surface area contributed by atoms with Crippen LogP contribution < -0.4 is 4.84 Å². The van der Waals surface area contributed by atoms with E-state index >= 15 is 0 Å². The molecule has 1 aromatic heterocycles. The lowest BCUT2D eigenvalue weighted by Crippen LogP contribution is -2.11. The van der Waals surface area contributed by atoms with Crippen LogP contribution in [-0.4, -0.2) is 9.94 Å². The average Bonchev–Trinajstić information content (AvgIpc) is 2.63. The highest BCUT2D eigenvalue weighted by molar-refractivity contribution is 9.10. The summed E-state index contributed by atoms with van der Waals surface area (Å²) in [6, 6.07) is 9.97. The molecule has 0 fully saturated rings. The maximum Gasteiger partial charge on any atom is 0.142 e. The molecule has 2 rings (SSSR count). The van der Waals surface area contributed by atoms with Gasteiger partial charge in [0.05, 0.1) is 16.9 Å². The van der Waals surface area contributed by atoms with Crippen LogP contribution in [0.3, 0.4) is 0 Å². The molecule has 0 aliphatic heterocycles. The molecule has 14 heavy (non-hydrogen) atoms. The van der Waals surface area contributed by atoms with Crippen LogP contribution in [0.5, 0.6) is 0 Å². The molecule has 0 saturated carbocycles. The fourth-order valence-corrected chi connectivity index (χ4v) is 1.34. The number of aromatic nitrogens is 2. The molecule has 3 nitrogen and oxygen atoms in total. The SMILES string of the molecule is Brc1cnn(OCc2ccccc2)c1. The predicted molar refractivity (Wildman–Crippen MR) is 56.7 cm³/mol. The molecule has 4 heteroatoms. The molecule has 0 atom stereocenters. The van der Waals surface area contributed by atoms with E-state index in [9.17, 15) is 0 Å². The van der Waals surface area contributed by atoms with Gasteiger partial charge < -0.3 is 4.84 Å². The monoisotopic (exact) mass is 252 g/mol. The summed E-state index contributed by atoms with van der Waals surface area (Å²) in [5.41, 5.74) is 1.12. The number of hydrogen-bond donors (Lipinski definition) is 0. The summed E-state index contributed by atoms with van der Waals surface area (Å²) in [5, 5.41) is 3.98. The molecule has 0 radical (unpaired) electrons. The van der Waals surface area contributed by atoms with Crippen molar-refractivity contribution in [3.05, 3.63) is 52.8 Å². The standard InChI is InChI=1S/C10H9BrN2O/c11-10-6-12-13(7-10)14-8-9-4-2-1-3-5-9/h1-7H,8H2. The minimum atomic E-state index is 0.523. The van der Waals surface area contributed by atoms with E-state index in [1.54, 1.807) is 12.4 Å². The highest BCUT2D eigenvalue weighted by atomic mass is 79.9. The van der Waals surface area contributed by atoms with E-state index in [4.69, 9.17) is 4.84 Å². The van der Waals surface area contributed by atoms with Crippen molar-refractivity contribution in [1.29, 1.82) is 0 Å². The second-order valence-corrected chi connectivity index (χ2v) is 3.74. The van der Waals surface area contributed by atoms with Crippen molar-refractivity contribution in [3.63, 3.8) is 0 Å². The minimum Gasteiger partial charge on any atom is -0.392 e. The molecule has 0 aliphatic carbocycles. The highest BCUT2D eigenvalue weighted by Crippen LogP contribution is 2.05. The summed E-state index contributed by atoms with van der Waals surface area (Å²) in [7, 11) is 0. The van der Waals surface area contributed by atoms with Crippen molar-refractivity contribution in [1.82, 2.24) is 9.94 Å². The third kappa shape index (κ3) is 2.35. The molecule has 0 amide bonds. The number of nitrogens with zero attached hydrogens (tertiary/aromatic N) is 2. The second kappa shape index (κ2) is 4.28. The molecule has 0 spiro atoms. The Balaban J connectivity index is 1.95. The fourth-order valence-electron chi connectivity index (χ4n) is 1.07. The maximum atomic E-state index is 5.39. The first kappa shape index (κ1) is 9.27. The third-order valence-electron chi connectivity index (χ3n) is 1.73. The first-order valence-corrected chi connectivity index (χ1v) is 5.01. The Bertz CT molecular complexity index is 400. The molecule has 0 bridgehead atoms. The summed E-state index contributed by atoms with van der Waals surface area (Å²) in [6.07, 6.45) is 3.45. The number of halogens is 1. The second-order valence-electron chi connectivity index (χ2n) is 2.82. The van der Waals surface area contributed by atoms with Crippen molar-refractivity contribution in [2.45, 2.75) is 6.61 Å². The van der Waals surface area contributed by atoms with Gasteiger partial charge in [-0.1, -0.05) is 30.3 Å². The molecule has 0 N–H and O–H groups in total. The molecule has 0 unspecified atom stereocenters. The van der Waals surface area contributed by atoms with Crippen molar-refractivity contribution < 1.29 is 4.84 Å². The Kier molecular flexibility index (Phi) is 2.84. The lowest BCUT2D eigenvalue weighted by atomic mass is 10.2. The van der Waals surface area contributed by atoms with Crippen LogP contribution in [0.15, 0.2) is 47.2 Å². The van der Waals surface area contributed by atoms with Gasteiger partial charge in [0.2, 0.25) is 0 Å².